The number of nitrogens with zero attached hydrogens (tertiary/aromatic N) is 1. The Morgan fingerprint density at radius 3 is 2.50 bits per heavy atom. The van der Waals surface area contributed by atoms with Crippen molar-refractivity contribution in [1.29, 1.82) is 5.26 Å². The molecule has 1 rings (SSSR count). The molecule has 0 aromatic heterocycles. The van der Waals surface area contributed by atoms with Gasteiger partial charge in [-0.3, -0.25) is 0 Å². The van der Waals surface area contributed by atoms with Gasteiger partial charge >= 0.3 is 0 Å². The SMILES string of the molecule is N#CC(Cl)Cc1ccc(Br)cc1. The standard InChI is InChI=1S/C9H7BrClN/c10-8-3-1-7(2-4-8)5-9(11)6-12/h1-4,9H,5H2. The Morgan fingerprint density at radius 2 is 2.00 bits per heavy atom. The van der Waals surface area contributed by atoms with Gasteiger partial charge in [0.2, 0.25) is 0 Å². The van der Waals surface area contributed by atoms with E-state index in [4.69, 9.17) is 16.9 Å². The van der Waals surface area contributed by atoms with Crippen LogP contribution in [0.25, 0.3) is 0 Å². The number of hydrogen-bond donors (Lipinski definition) is 0. The van der Waals surface area contributed by atoms with Crippen molar-refractivity contribution in [2.45, 2.75) is 11.8 Å². The molecule has 1 unspecified atom stereocenters. The van der Waals surface area contributed by atoms with Crippen LogP contribution in [0.1, 0.15) is 5.56 Å². The number of benzene rings is 1. The minimum absolute atomic E-state index is 0.425. The van der Waals surface area contributed by atoms with Crippen molar-refractivity contribution >= 4 is 27.5 Å². The van der Waals surface area contributed by atoms with E-state index in [-0.39, 0.29) is 0 Å². The third-order valence-corrected chi connectivity index (χ3v) is 2.25. The van der Waals surface area contributed by atoms with E-state index in [1.54, 1.807) is 0 Å². The van der Waals surface area contributed by atoms with Crippen LogP contribution in [0.5, 0.6) is 0 Å². The van der Waals surface area contributed by atoms with Gasteiger partial charge < -0.3 is 0 Å². The van der Waals surface area contributed by atoms with E-state index in [0.29, 0.717) is 6.42 Å². The monoisotopic (exact) mass is 243 g/mol. The Balaban J connectivity index is 2.66. The van der Waals surface area contributed by atoms with Crippen molar-refractivity contribution < 1.29 is 0 Å². The van der Waals surface area contributed by atoms with Gasteiger partial charge in [0, 0.05) is 10.9 Å². The van der Waals surface area contributed by atoms with Gasteiger partial charge in [0.25, 0.3) is 0 Å². The first-order chi connectivity index (χ1) is 5.72. The van der Waals surface area contributed by atoms with Crippen LogP contribution in [0.15, 0.2) is 28.7 Å². The number of halogens is 2. The van der Waals surface area contributed by atoms with Crippen molar-refractivity contribution in [1.82, 2.24) is 0 Å². The predicted molar refractivity (Wildman–Crippen MR) is 53.1 cm³/mol. The average molecular weight is 245 g/mol. The summed E-state index contributed by atoms with van der Waals surface area (Å²) in [6.07, 6.45) is 0.603. The molecule has 0 fully saturated rings. The fourth-order valence-corrected chi connectivity index (χ4v) is 1.32. The van der Waals surface area contributed by atoms with Gasteiger partial charge in [-0.1, -0.05) is 28.1 Å². The molecule has 1 atom stereocenters. The molecule has 0 aliphatic carbocycles. The smallest absolute Gasteiger partial charge is 0.124 e. The number of rotatable bonds is 2. The second-order valence-electron chi connectivity index (χ2n) is 2.43. The largest absolute Gasteiger partial charge is 0.197 e. The van der Waals surface area contributed by atoms with E-state index in [9.17, 15) is 0 Å². The van der Waals surface area contributed by atoms with Gasteiger partial charge in [-0.2, -0.15) is 5.26 Å². The van der Waals surface area contributed by atoms with Crippen molar-refractivity contribution in [3.63, 3.8) is 0 Å². The van der Waals surface area contributed by atoms with Crippen LogP contribution in [0.2, 0.25) is 0 Å². The fraction of sp³-hybridized carbons (Fsp3) is 0.222. The summed E-state index contributed by atoms with van der Waals surface area (Å²) in [5, 5.41) is 8.03. The number of alkyl halides is 1. The lowest BCUT2D eigenvalue weighted by atomic mass is 10.1. The Labute approximate surface area is 85.1 Å². The summed E-state index contributed by atoms with van der Waals surface area (Å²) in [5.74, 6) is 0. The van der Waals surface area contributed by atoms with Gasteiger partial charge in [0.05, 0.1) is 6.07 Å². The summed E-state index contributed by atoms with van der Waals surface area (Å²) >= 11 is 9.00. The Kier molecular flexibility index (Phi) is 3.58. The normalized spacial score (nSPS) is 12.1. The molecule has 0 heterocycles. The maximum absolute atomic E-state index is 8.46. The Morgan fingerprint density at radius 1 is 1.42 bits per heavy atom. The second kappa shape index (κ2) is 4.49. The van der Waals surface area contributed by atoms with Crippen LogP contribution >= 0.6 is 27.5 Å². The molecule has 12 heavy (non-hydrogen) atoms. The lowest BCUT2D eigenvalue weighted by molar-refractivity contribution is 1.02. The van der Waals surface area contributed by atoms with E-state index in [1.807, 2.05) is 30.3 Å². The molecule has 0 radical (unpaired) electrons. The fourth-order valence-electron chi connectivity index (χ4n) is 0.873. The van der Waals surface area contributed by atoms with Crippen LogP contribution in [0, 0.1) is 11.3 Å². The summed E-state index contributed by atoms with van der Waals surface area (Å²) in [6, 6.07) is 9.77. The highest BCUT2D eigenvalue weighted by atomic mass is 79.9. The molecule has 0 saturated carbocycles. The lowest BCUT2D eigenvalue weighted by Crippen LogP contribution is -1.98. The zero-order valence-corrected chi connectivity index (χ0v) is 8.64. The molecule has 0 aliphatic rings. The zero-order chi connectivity index (χ0) is 8.97. The Hall–Kier alpha value is -0.520. The quantitative estimate of drug-likeness (QED) is 0.733. The third kappa shape index (κ3) is 2.84. The minimum atomic E-state index is -0.425. The van der Waals surface area contributed by atoms with Crippen molar-refractivity contribution in [3.05, 3.63) is 34.3 Å². The molecule has 0 bridgehead atoms. The molecule has 0 aliphatic heterocycles. The van der Waals surface area contributed by atoms with E-state index in [1.165, 1.54) is 0 Å². The zero-order valence-electron chi connectivity index (χ0n) is 6.30. The van der Waals surface area contributed by atoms with Crippen LogP contribution in [0.3, 0.4) is 0 Å². The highest BCUT2D eigenvalue weighted by molar-refractivity contribution is 9.10. The highest BCUT2D eigenvalue weighted by Crippen LogP contribution is 2.13. The predicted octanol–water partition coefficient (Wildman–Crippen LogP) is 3.12. The first-order valence-electron chi connectivity index (χ1n) is 3.50. The first-order valence-corrected chi connectivity index (χ1v) is 4.73. The van der Waals surface area contributed by atoms with Crippen molar-refractivity contribution in [2.75, 3.05) is 0 Å². The number of hydrogen-bond acceptors (Lipinski definition) is 1. The molecule has 1 aromatic rings. The summed E-state index contributed by atoms with van der Waals surface area (Å²) in [5.41, 5.74) is 1.08. The number of nitriles is 1. The third-order valence-electron chi connectivity index (χ3n) is 1.47. The molecular formula is C9H7BrClN. The molecular weight excluding hydrogens is 237 g/mol. The molecule has 0 saturated heterocycles. The second-order valence-corrected chi connectivity index (χ2v) is 3.87. The highest BCUT2D eigenvalue weighted by Gasteiger charge is 2.02. The van der Waals surface area contributed by atoms with Crippen molar-refractivity contribution in [2.24, 2.45) is 0 Å². The molecule has 1 aromatic carbocycles. The summed E-state index contributed by atoms with van der Waals surface area (Å²) in [7, 11) is 0. The lowest BCUT2D eigenvalue weighted by Gasteiger charge is -2.00. The summed E-state index contributed by atoms with van der Waals surface area (Å²) in [6.45, 7) is 0. The molecule has 62 valence electrons. The summed E-state index contributed by atoms with van der Waals surface area (Å²) in [4.78, 5) is 0. The van der Waals surface area contributed by atoms with E-state index in [0.717, 1.165) is 10.0 Å². The molecule has 0 amide bonds. The van der Waals surface area contributed by atoms with Gasteiger partial charge in [-0.25, -0.2) is 0 Å². The minimum Gasteiger partial charge on any atom is -0.197 e. The van der Waals surface area contributed by atoms with E-state index >= 15 is 0 Å². The first kappa shape index (κ1) is 9.57. The van der Waals surface area contributed by atoms with Crippen LogP contribution in [-0.2, 0) is 6.42 Å². The van der Waals surface area contributed by atoms with Gasteiger partial charge in [0.1, 0.15) is 5.38 Å². The van der Waals surface area contributed by atoms with Gasteiger partial charge in [0.15, 0.2) is 0 Å². The topological polar surface area (TPSA) is 23.8 Å². The Bertz CT molecular complexity index is 288. The molecule has 1 nitrogen and oxygen atoms in total. The van der Waals surface area contributed by atoms with E-state index < -0.39 is 5.38 Å². The van der Waals surface area contributed by atoms with E-state index in [2.05, 4.69) is 15.9 Å². The maximum atomic E-state index is 8.46. The molecule has 0 N–H and O–H groups in total. The molecule has 0 spiro atoms. The average Bonchev–Trinajstić information content (AvgIpc) is 2.09. The van der Waals surface area contributed by atoms with Crippen LogP contribution in [-0.4, -0.2) is 5.38 Å². The summed E-state index contributed by atoms with van der Waals surface area (Å²) < 4.78 is 1.04. The van der Waals surface area contributed by atoms with Crippen LogP contribution < -0.4 is 0 Å². The van der Waals surface area contributed by atoms with Gasteiger partial charge in [-0.05, 0) is 17.7 Å². The molecule has 3 heteroatoms. The van der Waals surface area contributed by atoms with Gasteiger partial charge in [-0.15, -0.1) is 11.6 Å². The van der Waals surface area contributed by atoms with Crippen LogP contribution in [0.4, 0.5) is 0 Å². The maximum Gasteiger partial charge on any atom is 0.124 e. The van der Waals surface area contributed by atoms with Crippen molar-refractivity contribution in [3.8, 4) is 6.07 Å².